The summed E-state index contributed by atoms with van der Waals surface area (Å²) in [6.45, 7) is 2.15. The van der Waals surface area contributed by atoms with Crippen molar-refractivity contribution >= 4 is 40.5 Å². The Morgan fingerprint density at radius 3 is 2.62 bits per heavy atom. The smallest absolute Gasteiger partial charge is 0.279 e. The van der Waals surface area contributed by atoms with E-state index in [2.05, 4.69) is 23.1 Å². The number of nitrogens with one attached hydrogen (secondary N) is 3. The van der Waals surface area contributed by atoms with Crippen molar-refractivity contribution in [2.45, 2.75) is 45.4 Å². The molecule has 0 fully saturated rings. The third-order valence-corrected chi connectivity index (χ3v) is 3.87. The summed E-state index contributed by atoms with van der Waals surface area (Å²) in [5, 5.41) is 4.46. The summed E-state index contributed by atoms with van der Waals surface area (Å²) in [4.78, 5) is 23.8. The molecule has 0 radical (unpaired) electrons. The Balaban J connectivity index is 2.12. The normalized spacial score (nSPS) is 9.95. The summed E-state index contributed by atoms with van der Waals surface area (Å²) < 4.78 is 0. The maximum absolute atomic E-state index is 11.6. The predicted octanol–water partition coefficient (Wildman–Crippen LogP) is 2.74. The Hall–Kier alpha value is -1.47. The van der Waals surface area contributed by atoms with Gasteiger partial charge in [-0.2, -0.15) is 0 Å². The lowest BCUT2D eigenvalue weighted by atomic mass is 10.1. The summed E-state index contributed by atoms with van der Waals surface area (Å²) in [6, 6.07) is 3.50. The molecule has 0 spiro atoms. The lowest BCUT2D eigenvalue weighted by molar-refractivity contribution is -0.119. The lowest BCUT2D eigenvalue weighted by Gasteiger charge is -2.10. The topological polar surface area (TPSA) is 70.2 Å². The van der Waals surface area contributed by atoms with Gasteiger partial charge in [0.25, 0.3) is 5.91 Å². The second-order valence-electron chi connectivity index (χ2n) is 4.60. The molecule has 0 bridgehead atoms. The monoisotopic (exact) mass is 327 g/mol. The maximum Gasteiger partial charge on any atom is 0.279 e. The Morgan fingerprint density at radius 2 is 1.95 bits per heavy atom. The summed E-state index contributed by atoms with van der Waals surface area (Å²) >= 11 is 6.28. The first-order valence-corrected chi connectivity index (χ1v) is 8.36. The van der Waals surface area contributed by atoms with Crippen molar-refractivity contribution in [2.75, 3.05) is 0 Å². The van der Waals surface area contributed by atoms with Gasteiger partial charge in [0.05, 0.1) is 4.88 Å². The van der Waals surface area contributed by atoms with Crippen LogP contribution in [-0.2, 0) is 4.79 Å². The fourth-order valence-corrected chi connectivity index (χ4v) is 2.48. The van der Waals surface area contributed by atoms with Crippen LogP contribution in [-0.4, -0.2) is 16.9 Å². The zero-order chi connectivity index (χ0) is 15.5. The van der Waals surface area contributed by atoms with Crippen molar-refractivity contribution in [1.82, 2.24) is 16.2 Å². The number of hydrogen-bond acceptors (Lipinski definition) is 4. The number of unbranched alkanes of at least 4 members (excludes halogenated alkanes) is 4. The molecule has 0 unspecified atom stereocenters. The first-order chi connectivity index (χ1) is 10.1. The predicted molar refractivity (Wildman–Crippen MR) is 89.0 cm³/mol. The molecule has 1 heterocycles. The van der Waals surface area contributed by atoms with E-state index >= 15 is 0 Å². The van der Waals surface area contributed by atoms with Crippen LogP contribution in [0.3, 0.4) is 0 Å². The number of carbonyl (C=O) groups is 2. The minimum atomic E-state index is -0.277. The molecule has 0 saturated carbocycles. The average molecular weight is 327 g/mol. The van der Waals surface area contributed by atoms with Gasteiger partial charge < -0.3 is 5.32 Å². The highest BCUT2D eigenvalue weighted by Gasteiger charge is 2.08. The van der Waals surface area contributed by atoms with Crippen LogP contribution in [0.5, 0.6) is 0 Å². The number of carbonyl (C=O) groups excluding carboxylic acids is 2. The van der Waals surface area contributed by atoms with Crippen molar-refractivity contribution in [3.8, 4) is 0 Å². The van der Waals surface area contributed by atoms with Crippen LogP contribution < -0.4 is 16.2 Å². The third-order valence-electron chi connectivity index (χ3n) is 2.79. The Bertz CT molecular complexity index is 461. The molecule has 1 aromatic rings. The van der Waals surface area contributed by atoms with Crippen molar-refractivity contribution in [1.29, 1.82) is 0 Å². The van der Waals surface area contributed by atoms with Crippen molar-refractivity contribution in [2.24, 2.45) is 0 Å². The highest BCUT2D eigenvalue weighted by Crippen LogP contribution is 2.07. The van der Waals surface area contributed by atoms with E-state index in [1.54, 1.807) is 12.1 Å². The van der Waals surface area contributed by atoms with Crippen LogP contribution in [0.25, 0.3) is 0 Å². The first kappa shape index (κ1) is 17.6. The van der Waals surface area contributed by atoms with E-state index in [0.29, 0.717) is 11.3 Å². The molecular formula is C14H21N3O2S2. The van der Waals surface area contributed by atoms with Gasteiger partial charge in [-0.1, -0.05) is 38.7 Å². The molecule has 1 rings (SSSR count). The van der Waals surface area contributed by atoms with E-state index < -0.39 is 0 Å². The van der Waals surface area contributed by atoms with E-state index in [1.165, 1.54) is 24.2 Å². The number of hydrazine groups is 1. The second-order valence-corrected chi connectivity index (χ2v) is 5.95. The van der Waals surface area contributed by atoms with Crippen LogP contribution in [0.1, 0.15) is 55.1 Å². The van der Waals surface area contributed by atoms with E-state index in [4.69, 9.17) is 12.2 Å². The summed E-state index contributed by atoms with van der Waals surface area (Å²) in [5.41, 5.74) is 4.96. The molecule has 0 aliphatic rings. The number of rotatable bonds is 7. The van der Waals surface area contributed by atoms with E-state index in [-0.39, 0.29) is 16.9 Å². The van der Waals surface area contributed by atoms with Gasteiger partial charge in [-0.25, -0.2) is 0 Å². The molecule has 1 aromatic heterocycles. The van der Waals surface area contributed by atoms with Crippen LogP contribution in [0.4, 0.5) is 0 Å². The van der Waals surface area contributed by atoms with Crippen molar-refractivity contribution < 1.29 is 9.59 Å². The fraction of sp³-hybridized carbons (Fsp3) is 0.500. The van der Waals surface area contributed by atoms with E-state index in [1.807, 2.05) is 5.38 Å². The van der Waals surface area contributed by atoms with Gasteiger partial charge in [-0.3, -0.25) is 20.4 Å². The van der Waals surface area contributed by atoms with Gasteiger partial charge in [-0.15, -0.1) is 11.3 Å². The average Bonchev–Trinajstić information content (AvgIpc) is 2.98. The highest BCUT2D eigenvalue weighted by atomic mass is 32.1. The molecule has 116 valence electrons. The molecule has 3 N–H and O–H groups in total. The summed E-state index contributed by atoms with van der Waals surface area (Å²) in [5.74, 6) is -0.407. The number of thiophene rings is 1. The SMILES string of the molecule is CCCCCCCC(=O)NC(=S)NNC(=O)c1cccs1. The Labute approximate surface area is 134 Å². The van der Waals surface area contributed by atoms with E-state index in [0.717, 1.165) is 19.3 Å². The summed E-state index contributed by atoms with van der Waals surface area (Å²) in [6.07, 6.45) is 5.90. The number of hydrogen-bond donors (Lipinski definition) is 3. The zero-order valence-corrected chi connectivity index (χ0v) is 13.7. The molecule has 21 heavy (non-hydrogen) atoms. The molecule has 2 amide bonds. The van der Waals surface area contributed by atoms with Gasteiger partial charge >= 0.3 is 0 Å². The number of amides is 2. The van der Waals surface area contributed by atoms with Gasteiger partial charge in [0.1, 0.15) is 0 Å². The molecule has 0 aromatic carbocycles. The molecule has 0 saturated heterocycles. The maximum atomic E-state index is 11.6. The van der Waals surface area contributed by atoms with Gasteiger partial charge in [0.2, 0.25) is 5.91 Å². The standard InChI is InChI=1S/C14H21N3O2S2/c1-2-3-4-5-6-9-12(18)15-14(20)17-16-13(19)11-8-7-10-21-11/h7-8,10H,2-6,9H2,1H3,(H,16,19)(H2,15,17,18,20). The van der Waals surface area contributed by atoms with Crippen LogP contribution in [0, 0.1) is 0 Å². The van der Waals surface area contributed by atoms with Crippen molar-refractivity contribution in [3.63, 3.8) is 0 Å². The molecule has 5 nitrogen and oxygen atoms in total. The van der Waals surface area contributed by atoms with Crippen molar-refractivity contribution in [3.05, 3.63) is 22.4 Å². The highest BCUT2D eigenvalue weighted by molar-refractivity contribution is 7.80. The molecule has 0 aliphatic carbocycles. The Morgan fingerprint density at radius 1 is 1.19 bits per heavy atom. The van der Waals surface area contributed by atoms with Gasteiger partial charge in [0.15, 0.2) is 5.11 Å². The van der Waals surface area contributed by atoms with Gasteiger partial charge in [-0.05, 0) is 30.1 Å². The van der Waals surface area contributed by atoms with Gasteiger partial charge in [0, 0.05) is 6.42 Å². The lowest BCUT2D eigenvalue weighted by Crippen LogP contribution is -2.48. The quantitative estimate of drug-likeness (QED) is 0.409. The van der Waals surface area contributed by atoms with Crippen LogP contribution in [0.15, 0.2) is 17.5 Å². The minimum Gasteiger partial charge on any atom is -0.302 e. The third kappa shape index (κ3) is 7.77. The molecular weight excluding hydrogens is 306 g/mol. The zero-order valence-electron chi connectivity index (χ0n) is 12.1. The number of thiocarbonyl (C=S) groups is 1. The molecule has 0 aliphatic heterocycles. The Kier molecular flexibility index (Phi) is 8.61. The molecule has 0 atom stereocenters. The van der Waals surface area contributed by atoms with Crippen LogP contribution in [0.2, 0.25) is 0 Å². The molecule has 7 heteroatoms. The second kappa shape index (κ2) is 10.3. The summed E-state index contributed by atoms with van der Waals surface area (Å²) in [7, 11) is 0. The fourth-order valence-electron chi connectivity index (χ4n) is 1.69. The minimum absolute atomic E-state index is 0.110. The van der Waals surface area contributed by atoms with E-state index in [9.17, 15) is 9.59 Å². The van der Waals surface area contributed by atoms with Crippen LogP contribution >= 0.6 is 23.6 Å². The first-order valence-electron chi connectivity index (χ1n) is 7.07. The largest absolute Gasteiger partial charge is 0.302 e.